The van der Waals surface area contributed by atoms with Crippen LogP contribution < -0.4 is 5.43 Å². The predicted molar refractivity (Wildman–Crippen MR) is 79.2 cm³/mol. The van der Waals surface area contributed by atoms with Crippen molar-refractivity contribution < 1.29 is 0 Å². The molecule has 0 fully saturated rings. The van der Waals surface area contributed by atoms with E-state index in [1.54, 1.807) is 0 Å². The highest BCUT2D eigenvalue weighted by Gasteiger charge is 2.08. The predicted octanol–water partition coefficient (Wildman–Crippen LogP) is 3.18. The lowest BCUT2D eigenvalue weighted by atomic mass is 10.1. The Morgan fingerprint density at radius 1 is 0.947 bits per heavy atom. The van der Waals surface area contributed by atoms with Gasteiger partial charge >= 0.3 is 0 Å². The van der Waals surface area contributed by atoms with E-state index in [0.717, 1.165) is 21.8 Å². The van der Waals surface area contributed by atoms with Crippen LogP contribution in [0.4, 0.5) is 0 Å². The van der Waals surface area contributed by atoms with Crippen molar-refractivity contribution in [3.63, 3.8) is 0 Å². The second-order valence-corrected chi connectivity index (χ2v) is 4.38. The molecule has 3 aromatic rings. The molecule has 0 atom stereocenters. The summed E-state index contributed by atoms with van der Waals surface area (Å²) < 4.78 is 2.10. The van der Waals surface area contributed by atoms with Crippen LogP contribution in [0, 0.1) is 11.8 Å². The molecule has 1 aromatic heterocycles. The van der Waals surface area contributed by atoms with Crippen LogP contribution in [0.25, 0.3) is 21.8 Å². The minimum atomic E-state index is 0.0897. The molecule has 0 aliphatic rings. The van der Waals surface area contributed by atoms with Gasteiger partial charge in [-0.2, -0.15) is 0 Å². The Hall–Kier alpha value is -2.53. The summed E-state index contributed by atoms with van der Waals surface area (Å²) in [5, 5.41) is 1.50. The van der Waals surface area contributed by atoms with E-state index in [4.69, 9.17) is 0 Å². The van der Waals surface area contributed by atoms with Crippen LogP contribution in [-0.4, -0.2) is 4.57 Å². The summed E-state index contributed by atoms with van der Waals surface area (Å²) in [7, 11) is 0. The number of aromatic nitrogens is 1. The average Bonchev–Trinajstić information content (AvgIpc) is 2.47. The molecule has 0 aliphatic heterocycles. The van der Waals surface area contributed by atoms with Crippen molar-refractivity contribution in [1.82, 2.24) is 4.57 Å². The van der Waals surface area contributed by atoms with Crippen LogP contribution in [-0.2, 0) is 6.54 Å². The molecule has 0 radical (unpaired) electrons. The largest absolute Gasteiger partial charge is 0.328 e. The molecule has 3 rings (SSSR count). The van der Waals surface area contributed by atoms with E-state index in [0.29, 0.717) is 6.54 Å². The van der Waals surface area contributed by atoms with Gasteiger partial charge < -0.3 is 4.57 Å². The minimum absolute atomic E-state index is 0.0897. The fourth-order valence-electron chi connectivity index (χ4n) is 2.41. The van der Waals surface area contributed by atoms with E-state index in [9.17, 15) is 4.79 Å². The molecule has 0 aliphatic carbocycles. The number of rotatable bonds is 1. The molecule has 0 saturated carbocycles. The van der Waals surface area contributed by atoms with Crippen molar-refractivity contribution in [2.75, 3.05) is 0 Å². The van der Waals surface area contributed by atoms with Crippen LogP contribution in [0.5, 0.6) is 0 Å². The van der Waals surface area contributed by atoms with Crippen molar-refractivity contribution in [2.45, 2.75) is 13.5 Å². The summed E-state index contributed by atoms with van der Waals surface area (Å²) in [5.74, 6) is 5.99. The summed E-state index contributed by atoms with van der Waals surface area (Å²) in [5.41, 5.74) is 1.97. The molecular formula is C17H13NO. The molecule has 0 spiro atoms. The Morgan fingerprint density at radius 3 is 2.00 bits per heavy atom. The first kappa shape index (κ1) is 11.6. The van der Waals surface area contributed by atoms with Crippen molar-refractivity contribution in [2.24, 2.45) is 0 Å². The maximum Gasteiger partial charge on any atom is 0.197 e. The van der Waals surface area contributed by atoms with Crippen LogP contribution in [0.1, 0.15) is 6.92 Å². The van der Waals surface area contributed by atoms with Gasteiger partial charge in [-0.15, -0.1) is 5.92 Å². The van der Waals surface area contributed by atoms with E-state index in [1.807, 2.05) is 55.5 Å². The molecule has 2 heteroatoms. The molecule has 1 heterocycles. The number of fused-ring (bicyclic) bond motifs is 2. The number of hydrogen-bond donors (Lipinski definition) is 0. The highest BCUT2D eigenvalue weighted by molar-refractivity contribution is 5.93. The zero-order chi connectivity index (χ0) is 13.2. The average molecular weight is 247 g/mol. The smallest absolute Gasteiger partial charge is 0.197 e. The second-order valence-electron chi connectivity index (χ2n) is 4.38. The highest BCUT2D eigenvalue weighted by atomic mass is 16.1. The lowest BCUT2D eigenvalue weighted by molar-refractivity contribution is 0.914. The lowest BCUT2D eigenvalue weighted by Gasteiger charge is -2.12. The molecule has 0 N–H and O–H groups in total. The number of nitrogens with zero attached hydrogens (tertiary/aromatic N) is 1. The van der Waals surface area contributed by atoms with Gasteiger partial charge in [0.25, 0.3) is 0 Å². The van der Waals surface area contributed by atoms with Crippen molar-refractivity contribution in [3.05, 3.63) is 58.8 Å². The zero-order valence-electron chi connectivity index (χ0n) is 10.7. The first-order valence-electron chi connectivity index (χ1n) is 6.23. The van der Waals surface area contributed by atoms with E-state index in [1.165, 1.54) is 0 Å². The van der Waals surface area contributed by atoms with E-state index < -0.39 is 0 Å². The summed E-state index contributed by atoms with van der Waals surface area (Å²) in [6.07, 6.45) is 0. The Kier molecular flexibility index (Phi) is 2.81. The number of pyridine rings is 1. The Balaban J connectivity index is 2.55. The highest BCUT2D eigenvalue weighted by Crippen LogP contribution is 2.18. The normalized spacial score (nSPS) is 10.4. The maximum atomic E-state index is 12.5. The van der Waals surface area contributed by atoms with Gasteiger partial charge in [-0.3, -0.25) is 4.79 Å². The fraction of sp³-hybridized carbons (Fsp3) is 0.118. The Labute approximate surface area is 111 Å². The molecule has 0 bridgehead atoms. The summed E-state index contributed by atoms with van der Waals surface area (Å²) in [6.45, 7) is 2.42. The molecule has 2 nitrogen and oxygen atoms in total. The molecule has 92 valence electrons. The van der Waals surface area contributed by atoms with Gasteiger partial charge in [0, 0.05) is 10.8 Å². The van der Waals surface area contributed by atoms with Gasteiger partial charge in [0.05, 0.1) is 17.6 Å². The van der Waals surface area contributed by atoms with Gasteiger partial charge in [0.2, 0.25) is 0 Å². The molecule has 0 saturated heterocycles. The van der Waals surface area contributed by atoms with Crippen molar-refractivity contribution in [3.8, 4) is 11.8 Å². The van der Waals surface area contributed by atoms with Crippen molar-refractivity contribution >= 4 is 21.8 Å². The monoisotopic (exact) mass is 247 g/mol. The van der Waals surface area contributed by atoms with Crippen molar-refractivity contribution in [1.29, 1.82) is 0 Å². The number of benzene rings is 2. The molecule has 0 amide bonds. The lowest BCUT2D eigenvalue weighted by Crippen LogP contribution is -2.10. The third kappa shape index (κ3) is 1.80. The minimum Gasteiger partial charge on any atom is -0.328 e. The maximum absolute atomic E-state index is 12.5. The Bertz CT molecular complexity index is 818. The second kappa shape index (κ2) is 4.62. The Morgan fingerprint density at radius 2 is 1.47 bits per heavy atom. The van der Waals surface area contributed by atoms with Gasteiger partial charge in [0.1, 0.15) is 0 Å². The van der Waals surface area contributed by atoms with E-state index in [-0.39, 0.29) is 5.43 Å². The SMILES string of the molecule is CC#CCn1c2ccccc2c(=O)c2ccccc21. The van der Waals surface area contributed by atoms with Crippen LogP contribution in [0.2, 0.25) is 0 Å². The summed E-state index contributed by atoms with van der Waals surface area (Å²) in [4.78, 5) is 12.5. The molecule has 0 unspecified atom stereocenters. The quantitative estimate of drug-likeness (QED) is 0.478. The third-order valence-corrected chi connectivity index (χ3v) is 3.29. The third-order valence-electron chi connectivity index (χ3n) is 3.29. The van der Waals surface area contributed by atoms with E-state index in [2.05, 4.69) is 16.4 Å². The van der Waals surface area contributed by atoms with Crippen LogP contribution >= 0.6 is 0 Å². The van der Waals surface area contributed by atoms with Gasteiger partial charge in [-0.25, -0.2) is 0 Å². The number of hydrogen-bond acceptors (Lipinski definition) is 1. The first-order chi connectivity index (χ1) is 9.33. The number of para-hydroxylation sites is 2. The molecule has 2 aromatic carbocycles. The summed E-state index contributed by atoms with van der Waals surface area (Å²) >= 11 is 0. The van der Waals surface area contributed by atoms with Crippen LogP contribution in [0.3, 0.4) is 0 Å². The van der Waals surface area contributed by atoms with Gasteiger partial charge in [-0.1, -0.05) is 30.2 Å². The summed E-state index contributed by atoms with van der Waals surface area (Å²) in [6, 6.07) is 15.4. The van der Waals surface area contributed by atoms with E-state index >= 15 is 0 Å². The molecule has 19 heavy (non-hydrogen) atoms. The van der Waals surface area contributed by atoms with Crippen LogP contribution in [0.15, 0.2) is 53.3 Å². The fourth-order valence-corrected chi connectivity index (χ4v) is 2.41. The van der Waals surface area contributed by atoms with Gasteiger partial charge in [-0.05, 0) is 31.2 Å². The topological polar surface area (TPSA) is 22.0 Å². The van der Waals surface area contributed by atoms with Gasteiger partial charge in [0.15, 0.2) is 5.43 Å². The first-order valence-corrected chi connectivity index (χ1v) is 6.23. The molecular weight excluding hydrogens is 234 g/mol. The zero-order valence-corrected chi connectivity index (χ0v) is 10.7. The standard InChI is InChI=1S/C17H13NO/c1-2-3-12-18-15-10-6-4-8-13(15)17(19)14-9-5-7-11-16(14)18/h4-11H,12H2,1H3.